The summed E-state index contributed by atoms with van der Waals surface area (Å²) >= 11 is 0. The lowest BCUT2D eigenvalue weighted by atomic mass is 9.87. The molecule has 2 heteroatoms. The zero-order valence-corrected chi connectivity index (χ0v) is 10.1. The van der Waals surface area contributed by atoms with E-state index >= 15 is 0 Å². The summed E-state index contributed by atoms with van der Waals surface area (Å²) in [5.41, 5.74) is 1.20. The molecule has 1 aromatic rings. The van der Waals surface area contributed by atoms with Crippen molar-refractivity contribution in [2.45, 2.75) is 46.5 Å². The predicted octanol–water partition coefficient (Wildman–Crippen LogP) is 4.95. The molecule has 0 radical (unpaired) electrons. The van der Waals surface area contributed by atoms with Gasteiger partial charge >= 0.3 is 0 Å². The first-order valence-corrected chi connectivity index (χ1v) is 5.30. The molecule has 0 bridgehead atoms. The SMILES string of the molecule is CC.CC(C)(C)c1ccc(C(F)F)cc1. The third kappa shape index (κ3) is 4.41. The van der Waals surface area contributed by atoms with Crippen molar-refractivity contribution < 1.29 is 8.78 Å². The summed E-state index contributed by atoms with van der Waals surface area (Å²) in [4.78, 5) is 0. The van der Waals surface area contributed by atoms with E-state index in [4.69, 9.17) is 0 Å². The fourth-order valence-corrected chi connectivity index (χ4v) is 1.13. The lowest BCUT2D eigenvalue weighted by molar-refractivity contribution is 0.151. The lowest BCUT2D eigenvalue weighted by Crippen LogP contribution is -2.10. The second kappa shape index (κ2) is 5.84. The van der Waals surface area contributed by atoms with Crippen LogP contribution in [0.4, 0.5) is 8.78 Å². The Hall–Kier alpha value is -0.920. The van der Waals surface area contributed by atoms with Gasteiger partial charge in [0, 0.05) is 5.56 Å². The first-order valence-electron chi connectivity index (χ1n) is 5.30. The minimum absolute atomic E-state index is 0.0284. The molecule has 1 aromatic carbocycles. The maximum Gasteiger partial charge on any atom is 0.263 e. The summed E-state index contributed by atoms with van der Waals surface area (Å²) in [6.45, 7) is 10.2. The topological polar surface area (TPSA) is 0 Å². The molecular weight excluding hydrogens is 194 g/mol. The molecule has 0 fully saturated rings. The van der Waals surface area contributed by atoms with Gasteiger partial charge in [0.05, 0.1) is 0 Å². The van der Waals surface area contributed by atoms with Gasteiger partial charge in [-0.1, -0.05) is 58.9 Å². The van der Waals surface area contributed by atoms with Crippen LogP contribution in [0.2, 0.25) is 0 Å². The Morgan fingerprint density at radius 1 is 0.933 bits per heavy atom. The van der Waals surface area contributed by atoms with Gasteiger partial charge in [-0.3, -0.25) is 0 Å². The molecule has 0 aromatic heterocycles. The standard InChI is InChI=1S/C11H14F2.C2H6/c1-11(2,3)9-6-4-8(5-7-9)10(12)13;1-2/h4-7,10H,1-3H3;1-2H3. The molecule has 0 aliphatic rings. The van der Waals surface area contributed by atoms with Crippen LogP contribution in [0, 0.1) is 0 Å². The Labute approximate surface area is 91.3 Å². The van der Waals surface area contributed by atoms with E-state index in [-0.39, 0.29) is 11.0 Å². The normalized spacial score (nSPS) is 10.9. The molecule has 0 spiro atoms. The van der Waals surface area contributed by atoms with Gasteiger partial charge in [-0.15, -0.1) is 0 Å². The van der Waals surface area contributed by atoms with E-state index in [1.54, 1.807) is 12.1 Å². The van der Waals surface area contributed by atoms with Crippen molar-refractivity contribution in [1.82, 2.24) is 0 Å². The second-order valence-electron chi connectivity index (χ2n) is 4.17. The first kappa shape index (κ1) is 14.1. The highest BCUT2D eigenvalue weighted by Crippen LogP contribution is 2.25. The van der Waals surface area contributed by atoms with Crippen molar-refractivity contribution >= 4 is 0 Å². The van der Waals surface area contributed by atoms with Crippen LogP contribution in [0.5, 0.6) is 0 Å². The maximum atomic E-state index is 12.2. The third-order valence-corrected chi connectivity index (χ3v) is 2.03. The van der Waals surface area contributed by atoms with Crippen molar-refractivity contribution in [2.24, 2.45) is 0 Å². The maximum absolute atomic E-state index is 12.2. The van der Waals surface area contributed by atoms with Crippen molar-refractivity contribution in [3.8, 4) is 0 Å². The van der Waals surface area contributed by atoms with E-state index in [0.29, 0.717) is 0 Å². The molecule has 0 nitrogen and oxygen atoms in total. The van der Waals surface area contributed by atoms with Gasteiger partial charge in [0.1, 0.15) is 0 Å². The van der Waals surface area contributed by atoms with Gasteiger partial charge in [0.25, 0.3) is 6.43 Å². The molecule has 86 valence electrons. The number of alkyl halides is 2. The van der Waals surface area contributed by atoms with Crippen molar-refractivity contribution in [2.75, 3.05) is 0 Å². The van der Waals surface area contributed by atoms with E-state index in [0.717, 1.165) is 5.56 Å². The molecule has 0 aliphatic heterocycles. The Balaban J connectivity index is 0.000000921. The molecular formula is C13H20F2. The minimum atomic E-state index is -2.37. The van der Waals surface area contributed by atoms with Crippen LogP contribution < -0.4 is 0 Å². The van der Waals surface area contributed by atoms with E-state index < -0.39 is 6.43 Å². The largest absolute Gasteiger partial charge is 0.263 e. The highest BCUT2D eigenvalue weighted by Gasteiger charge is 2.14. The second-order valence-corrected chi connectivity index (χ2v) is 4.17. The summed E-state index contributed by atoms with van der Waals surface area (Å²) in [6.07, 6.45) is -2.37. The Bertz CT molecular complexity index is 268. The summed E-state index contributed by atoms with van der Waals surface area (Å²) in [5, 5.41) is 0. The monoisotopic (exact) mass is 214 g/mol. The van der Waals surface area contributed by atoms with Crippen LogP contribution in [0.1, 0.15) is 52.2 Å². The van der Waals surface area contributed by atoms with Crippen LogP contribution in [0.25, 0.3) is 0 Å². The fourth-order valence-electron chi connectivity index (χ4n) is 1.13. The summed E-state index contributed by atoms with van der Waals surface area (Å²) in [6, 6.07) is 6.51. The van der Waals surface area contributed by atoms with E-state index in [1.165, 1.54) is 12.1 Å². The van der Waals surface area contributed by atoms with Crippen molar-refractivity contribution in [1.29, 1.82) is 0 Å². The van der Waals surface area contributed by atoms with Crippen LogP contribution in [0.15, 0.2) is 24.3 Å². The summed E-state index contributed by atoms with van der Waals surface area (Å²) in [7, 11) is 0. The third-order valence-electron chi connectivity index (χ3n) is 2.03. The van der Waals surface area contributed by atoms with Gasteiger partial charge in [-0.25, -0.2) is 8.78 Å². The van der Waals surface area contributed by atoms with Gasteiger partial charge in [0.2, 0.25) is 0 Å². The van der Waals surface area contributed by atoms with Gasteiger partial charge < -0.3 is 0 Å². The Kier molecular flexibility index (Phi) is 5.48. The van der Waals surface area contributed by atoms with Crippen molar-refractivity contribution in [3.63, 3.8) is 0 Å². The zero-order valence-electron chi connectivity index (χ0n) is 10.1. The molecule has 0 aliphatic carbocycles. The predicted molar refractivity (Wildman–Crippen MR) is 61.4 cm³/mol. The quantitative estimate of drug-likeness (QED) is 0.620. The molecule has 0 unspecified atom stereocenters. The summed E-state index contributed by atoms with van der Waals surface area (Å²) < 4.78 is 24.4. The molecule has 0 heterocycles. The van der Waals surface area contributed by atoms with E-state index in [2.05, 4.69) is 20.8 Å². The van der Waals surface area contributed by atoms with E-state index in [9.17, 15) is 8.78 Å². The Morgan fingerprint density at radius 3 is 1.60 bits per heavy atom. The molecule has 15 heavy (non-hydrogen) atoms. The molecule has 0 saturated heterocycles. The summed E-state index contributed by atoms with van der Waals surface area (Å²) in [5.74, 6) is 0. The highest BCUT2D eigenvalue weighted by molar-refractivity contribution is 5.27. The zero-order chi connectivity index (χ0) is 12.1. The molecule has 1 rings (SSSR count). The molecule has 0 atom stereocenters. The van der Waals surface area contributed by atoms with Gasteiger partial charge in [-0.05, 0) is 11.0 Å². The van der Waals surface area contributed by atoms with E-state index in [1.807, 2.05) is 13.8 Å². The fraction of sp³-hybridized carbons (Fsp3) is 0.538. The number of halogens is 2. The average Bonchev–Trinajstić information content (AvgIpc) is 2.20. The molecule has 0 N–H and O–H groups in total. The van der Waals surface area contributed by atoms with Gasteiger partial charge in [-0.2, -0.15) is 0 Å². The Morgan fingerprint density at radius 2 is 1.33 bits per heavy atom. The number of hydrogen-bond acceptors (Lipinski definition) is 0. The highest BCUT2D eigenvalue weighted by atomic mass is 19.3. The smallest absolute Gasteiger partial charge is 0.205 e. The number of benzene rings is 1. The minimum Gasteiger partial charge on any atom is -0.205 e. The van der Waals surface area contributed by atoms with Gasteiger partial charge in [0.15, 0.2) is 0 Å². The number of hydrogen-bond donors (Lipinski definition) is 0. The molecule has 0 amide bonds. The van der Waals surface area contributed by atoms with Crippen LogP contribution >= 0.6 is 0 Å². The molecule has 0 saturated carbocycles. The lowest BCUT2D eigenvalue weighted by Gasteiger charge is -2.18. The average molecular weight is 214 g/mol. The van der Waals surface area contributed by atoms with Crippen LogP contribution in [-0.2, 0) is 5.41 Å². The number of rotatable bonds is 1. The van der Waals surface area contributed by atoms with Crippen molar-refractivity contribution in [3.05, 3.63) is 35.4 Å². The van der Waals surface area contributed by atoms with Crippen LogP contribution in [-0.4, -0.2) is 0 Å². The van der Waals surface area contributed by atoms with Crippen LogP contribution in [0.3, 0.4) is 0 Å². The first-order chi connectivity index (χ1) is 6.91.